The van der Waals surface area contributed by atoms with E-state index in [1.54, 1.807) is 0 Å². The number of likely N-dealkylation sites (tertiary alicyclic amines) is 1. The maximum Gasteiger partial charge on any atom is 0.264 e. The van der Waals surface area contributed by atoms with Crippen LogP contribution in [-0.4, -0.2) is 36.5 Å². The van der Waals surface area contributed by atoms with Gasteiger partial charge in [0.15, 0.2) is 0 Å². The molecule has 1 atom stereocenters. The first-order valence-corrected chi connectivity index (χ1v) is 4.79. The molecule has 78 valence electrons. The third kappa shape index (κ3) is 2.38. The van der Waals surface area contributed by atoms with Crippen molar-refractivity contribution in [2.45, 2.75) is 32.2 Å². The zero-order valence-corrected chi connectivity index (χ0v) is 8.26. The SMILES string of the molecule is CC(C)N1CCC(C(F)(F)CN)C1. The van der Waals surface area contributed by atoms with E-state index < -0.39 is 18.4 Å². The molecular formula is C9H18F2N2. The first kappa shape index (κ1) is 10.9. The van der Waals surface area contributed by atoms with E-state index in [0.29, 0.717) is 19.0 Å². The summed E-state index contributed by atoms with van der Waals surface area (Å²) in [5.74, 6) is -3.22. The minimum Gasteiger partial charge on any atom is -0.325 e. The summed E-state index contributed by atoms with van der Waals surface area (Å²) in [7, 11) is 0. The largest absolute Gasteiger partial charge is 0.325 e. The van der Waals surface area contributed by atoms with Crippen molar-refractivity contribution in [3.8, 4) is 0 Å². The molecule has 1 fully saturated rings. The van der Waals surface area contributed by atoms with Gasteiger partial charge in [0.1, 0.15) is 0 Å². The molecule has 1 saturated heterocycles. The first-order valence-electron chi connectivity index (χ1n) is 4.79. The van der Waals surface area contributed by atoms with Crippen LogP contribution in [0.1, 0.15) is 20.3 Å². The molecule has 1 heterocycles. The molecule has 1 rings (SSSR count). The van der Waals surface area contributed by atoms with Crippen LogP contribution in [0.3, 0.4) is 0 Å². The zero-order valence-electron chi connectivity index (χ0n) is 8.26. The molecule has 2 nitrogen and oxygen atoms in total. The second-order valence-electron chi connectivity index (χ2n) is 4.04. The predicted molar refractivity (Wildman–Crippen MR) is 48.8 cm³/mol. The number of hydrogen-bond acceptors (Lipinski definition) is 2. The van der Waals surface area contributed by atoms with Crippen molar-refractivity contribution in [3.05, 3.63) is 0 Å². The van der Waals surface area contributed by atoms with Crippen LogP contribution >= 0.6 is 0 Å². The first-order chi connectivity index (χ1) is 5.97. The molecule has 0 radical (unpaired) electrons. The lowest BCUT2D eigenvalue weighted by molar-refractivity contribution is -0.0453. The highest BCUT2D eigenvalue weighted by Gasteiger charge is 2.42. The highest BCUT2D eigenvalue weighted by Crippen LogP contribution is 2.32. The lowest BCUT2D eigenvalue weighted by Crippen LogP contribution is -2.39. The molecular weight excluding hydrogens is 174 g/mol. The van der Waals surface area contributed by atoms with E-state index in [-0.39, 0.29) is 0 Å². The predicted octanol–water partition coefficient (Wildman–Crippen LogP) is 1.31. The second-order valence-corrected chi connectivity index (χ2v) is 4.04. The van der Waals surface area contributed by atoms with E-state index in [0.717, 1.165) is 6.54 Å². The van der Waals surface area contributed by atoms with Crippen molar-refractivity contribution < 1.29 is 8.78 Å². The molecule has 0 saturated carbocycles. The van der Waals surface area contributed by atoms with E-state index in [1.807, 2.05) is 13.8 Å². The van der Waals surface area contributed by atoms with Gasteiger partial charge in [0.05, 0.1) is 6.54 Å². The van der Waals surface area contributed by atoms with Crippen LogP contribution in [0.15, 0.2) is 0 Å². The fourth-order valence-electron chi connectivity index (χ4n) is 1.77. The van der Waals surface area contributed by atoms with Gasteiger partial charge in [-0.15, -0.1) is 0 Å². The lowest BCUT2D eigenvalue weighted by Gasteiger charge is -2.24. The molecule has 0 aromatic heterocycles. The molecule has 1 aliphatic heterocycles. The van der Waals surface area contributed by atoms with E-state index >= 15 is 0 Å². The molecule has 0 spiro atoms. The third-order valence-electron chi connectivity index (χ3n) is 2.82. The fraction of sp³-hybridized carbons (Fsp3) is 1.00. The minimum absolute atomic E-state index is 0.360. The van der Waals surface area contributed by atoms with Crippen molar-refractivity contribution in [2.24, 2.45) is 11.7 Å². The quantitative estimate of drug-likeness (QED) is 0.730. The molecule has 1 aliphatic rings. The highest BCUT2D eigenvalue weighted by molar-refractivity contribution is 4.87. The smallest absolute Gasteiger partial charge is 0.264 e. The van der Waals surface area contributed by atoms with E-state index in [4.69, 9.17) is 5.73 Å². The second kappa shape index (κ2) is 3.88. The Balaban J connectivity index is 2.49. The topological polar surface area (TPSA) is 29.3 Å². The maximum atomic E-state index is 13.1. The fourth-order valence-corrected chi connectivity index (χ4v) is 1.77. The van der Waals surface area contributed by atoms with Gasteiger partial charge in [-0.1, -0.05) is 0 Å². The summed E-state index contributed by atoms with van der Waals surface area (Å²) < 4.78 is 26.3. The van der Waals surface area contributed by atoms with Crippen molar-refractivity contribution in [1.82, 2.24) is 4.90 Å². The Hall–Kier alpha value is -0.220. The number of alkyl halides is 2. The van der Waals surface area contributed by atoms with Crippen molar-refractivity contribution in [3.63, 3.8) is 0 Å². The Morgan fingerprint density at radius 3 is 2.54 bits per heavy atom. The molecule has 4 heteroatoms. The number of rotatable bonds is 3. The summed E-state index contributed by atoms with van der Waals surface area (Å²) in [6, 6.07) is 0.360. The number of nitrogens with zero attached hydrogens (tertiary/aromatic N) is 1. The van der Waals surface area contributed by atoms with E-state index in [1.165, 1.54) is 0 Å². The Kier molecular flexibility index (Phi) is 3.24. The Bertz CT molecular complexity index is 171. The van der Waals surface area contributed by atoms with Crippen LogP contribution in [0.4, 0.5) is 8.78 Å². The van der Waals surface area contributed by atoms with Crippen LogP contribution in [0, 0.1) is 5.92 Å². The van der Waals surface area contributed by atoms with Gasteiger partial charge in [-0.25, -0.2) is 8.78 Å². The number of hydrogen-bond donors (Lipinski definition) is 1. The average Bonchev–Trinajstić information content (AvgIpc) is 2.52. The van der Waals surface area contributed by atoms with Gasteiger partial charge in [0, 0.05) is 18.5 Å². The highest BCUT2D eigenvalue weighted by atomic mass is 19.3. The van der Waals surface area contributed by atoms with Gasteiger partial charge < -0.3 is 10.6 Å². The lowest BCUT2D eigenvalue weighted by atomic mass is 10.0. The summed E-state index contributed by atoms with van der Waals surface area (Å²) in [5.41, 5.74) is 5.04. The Morgan fingerprint density at radius 2 is 2.15 bits per heavy atom. The molecule has 0 amide bonds. The third-order valence-corrected chi connectivity index (χ3v) is 2.82. The van der Waals surface area contributed by atoms with Crippen LogP contribution < -0.4 is 5.73 Å². The van der Waals surface area contributed by atoms with Crippen molar-refractivity contribution in [1.29, 1.82) is 0 Å². The molecule has 0 aliphatic carbocycles. The molecule has 1 unspecified atom stereocenters. The monoisotopic (exact) mass is 192 g/mol. The van der Waals surface area contributed by atoms with E-state index in [2.05, 4.69) is 4.90 Å². The van der Waals surface area contributed by atoms with Gasteiger partial charge in [0.2, 0.25) is 0 Å². The van der Waals surface area contributed by atoms with Crippen molar-refractivity contribution in [2.75, 3.05) is 19.6 Å². The van der Waals surface area contributed by atoms with Gasteiger partial charge in [-0.3, -0.25) is 0 Å². The summed E-state index contributed by atoms with van der Waals surface area (Å²) in [4.78, 5) is 2.08. The zero-order chi connectivity index (χ0) is 10.1. The van der Waals surface area contributed by atoms with Crippen LogP contribution in [0.5, 0.6) is 0 Å². The molecule has 0 aromatic rings. The molecule has 0 aromatic carbocycles. The standard InChI is InChI=1S/C9H18F2N2/c1-7(2)13-4-3-8(5-13)9(10,11)6-12/h7-8H,3-6,12H2,1-2H3. The Labute approximate surface area is 78.1 Å². The van der Waals surface area contributed by atoms with Gasteiger partial charge in [-0.05, 0) is 26.8 Å². The molecule has 13 heavy (non-hydrogen) atoms. The number of halogens is 2. The van der Waals surface area contributed by atoms with Crippen LogP contribution in [0.2, 0.25) is 0 Å². The van der Waals surface area contributed by atoms with Crippen molar-refractivity contribution >= 4 is 0 Å². The maximum absolute atomic E-state index is 13.1. The minimum atomic E-state index is -2.68. The molecule has 0 bridgehead atoms. The average molecular weight is 192 g/mol. The van der Waals surface area contributed by atoms with Crippen LogP contribution in [0.25, 0.3) is 0 Å². The van der Waals surface area contributed by atoms with Gasteiger partial charge >= 0.3 is 0 Å². The summed E-state index contributed by atoms with van der Waals surface area (Å²) in [5, 5.41) is 0. The summed E-state index contributed by atoms with van der Waals surface area (Å²) in [6.45, 7) is 4.80. The summed E-state index contributed by atoms with van der Waals surface area (Å²) >= 11 is 0. The van der Waals surface area contributed by atoms with E-state index in [9.17, 15) is 8.78 Å². The Morgan fingerprint density at radius 1 is 1.54 bits per heavy atom. The number of nitrogens with two attached hydrogens (primary N) is 1. The van der Waals surface area contributed by atoms with Gasteiger partial charge in [-0.2, -0.15) is 0 Å². The van der Waals surface area contributed by atoms with Gasteiger partial charge in [0.25, 0.3) is 5.92 Å². The van der Waals surface area contributed by atoms with Crippen LogP contribution in [-0.2, 0) is 0 Å². The normalized spacial score (nSPS) is 25.8. The molecule has 2 N–H and O–H groups in total. The summed E-state index contributed by atoms with van der Waals surface area (Å²) in [6.07, 6.45) is 0.572.